The van der Waals surface area contributed by atoms with Crippen LogP contribution >= 0.6 is 0 Å². The third kappa shape index (κ3) is 3.22. The van der Waals surface area contributed by atoms with Crippen molar-refractivity contribution >= 4 is 16.8 Å². The lowest BCUT2D eigenvalue weighted by Gasteiger charge is -2.18. The zero-order chi connectivity index (χ0) is 20.7. The van der Waals surface area contributed by atoms with Gasteiger partial charge >= 0.3 is 0 Å². The summed E-state index contributed by atoms with van der Waals surface area (Å²) in [5.41, 5.74) is 0.946. The second-order valence-corrected chi connectivity index (χ2v) is 6.90. The van der Waals surface area contributed by atoms with E-state index in [1.54, 1.807) is 35.4 Å². The summed E-state index contributed by atoms with van der Waals surface area (Å²) < 4.78 is 17.7. The Morgan fingerprint density at radius 2 is 1.79 bits per heavy atom. The molecule has 1 aromatic carbocycles. The smallest absolute Gasteiger partial charge is 0.291 e. The summed E-state index contributed by atoms with van der Waals surface area (Å²) in [7, 11) is 3.06. The molecule has 1 aliphatic heterocycles. The van der Waals surface area contributed by atoms with Crippen LogP contribution in [0.1, 0.15) is 28.0 Å². The molecule has 0 fully saturated rings. The van der Waals surface area contributed by atoms with E-state index in [1.165, 1.54) is 14.2 Å². The van der Waals surface area contributed by atoms with Crippen LogP contribution in [-0.4, -0.2) is 52.7 Å². The van der Waals surface area contributed by atoms with Crippen molar-refractivity contribution in [1.29, 1.82) is 0 Å². The lowest BCUT2D eigenvalue weighted by Crippen LogP contribution is -2.34. The second kappa shape index (κ2) is 7.23. The van der Waals surface area contributed by atoms with E-state index < -0.39 is 0 Å². The van der Waals surface area contributed by atoms with E-state index in [0.29, 0.717) is 65.9 Å². The van der Waals surface area contributed by atoms with Crippen molar-refractivity contribution in [1.82, 2.24) is 19.4 Å². The van der Waals surface area contributed by atoms with Crippen LogP contribution in [0, 0.1) is 13.8 Å². The van der Waals surface area contributed by atoms with E-state index in [0.717, 1.165) is 0 Å². The fourth-order valence-electron chi connectivity index (χ4n) is 3.66. The number of hydrogen-bond donors (Lipinski definition) is 0. The van der Waals surface area contributed by atoms with Crippen LogP contribution in [0.3, 0.4) is 0 Å². The number of amides is 1. The Hall–Kier alpha value is -3.36. The molecule has 2 aromatic heterocycles. The van der Waals surface area contributed by atoms with Gasteiger partial charge in [0, 0.05) is 39.0 Å². The summed E-state index contributed by atoms with van der Waals surface area (Å²) in [6, 6.07) is 3.34. The van der Waals surface area contributed by atoms with Crippen LogP contribution in [0.5, 0.6) is 11.5 Å². The lowest BCUT2D eigenvalue weighted by atomic mass is 10.2. The zero-order valence-electron chi connectivity index (χ0n) is 16.8. The highest BCUT2D eigenvalue weighted by Gasteiger charge is 2.26. The zero-order valence-corrected chi connectivity index (χ0v) is 16.8. The number of aromatic nitrogens is 3. The highest BCUT2D eigenvalue weighted by atomic mass is 16.5. The molecule has 0 radical (unpaired) electrons. The molecule has 1 aliphatic rings. The first-order valence-electron chi connectivity index (χ1n) is 9.31. The molecule has 4 rings (SSSR count). The Bertz CT molecular complexity index is 1160. The van der Waals surface area contributed by atoms with Crippen LogP contribution in [0.2, 0.25) is 0 Å². The molecule has 0 atom stereocenters. The van der Waals surface area contributed by atoms with Crippen molar-refractivity contribution in [3.8, 4) is 11.5 Å². The number of methoxy groups -OCH3 is 2. The molecular formula is C20H22N4O5. The van der Waals surface area contributed by atoms with Crippen molar-refractivity contribution in [2.45, 2.75) is 26.8 Å². The molecule has 3 aromatic rings. The van der Waals surface area contributed by atoms with Crippen molar-refractivity contribution in [2.24, 2.45) is 0 Å². The number of ether oxygens (including phenoxy) is 2. The minimum atomic E-state index is -0.225. The molecular weight excluding hydrogens is 376 g/mol. The third-order valence-electron chi connectivity index (χ3n) is 5.12. The number of aryl methyl sites for hydroxylation is 2. The largest absolute Gasteiger partial charge is 0.493 e. The van der Waals surface area contributed by atoms with Crippen LogP contribution < -0.4 is 15.0 Å². The van der Waals surface area contributed by atoms with E-state index in [9.17, 15) is 9.59 Å². The van der Waals surface area contributed by atoms with Crippen molar-refractivity contribution in [2.75, 3.05) is 27.3 Å². The van der Waals surface area contributed by atoms with Gasteiger partial charge < -0.3 is 18.8 Å². The summed E-state index contributed by atoms with van der Waals surface area (Å²) in [5, 5.41) is 0.452. The second-order valence-electron chi connectivity index (χ2n) is 6.90. The van der Waals surface area contributed by atoms with Gasteiger partial charge in [-0.3, -0.25) is 14.2 Å². The number of nitrogens with zero attached hydrogens (tertiary/aromatic N) is 4. The molecule has 9 nitrogen and oxygen atoms in total. The maximum atomic E-state index is 13.1. The standard InChI is InChI=1S/C20H22N4O5/c1-11-18(29-12(2)21-11)20(26)23-6-5-17-22-14-10-16(28-4)15(27-3)9-13(14)19(25)24(17)8-7-23/h9-10H,5-8H2,1-4H3. The lowest BCUT2D eigenvalue weighted by molar-refractivity contribution is 0.0724. The fourth-order valence-corrected chi connectivity index (χ4v) is 3.66. The summed E-state index contributed by atoms with van der Waals surface area (Å²) in [6.07, 6.45) is 0.456. The number of hydrogen-bond acceptors (Lipinski definition) is 7. The maximum Gasteiger partial charge on any atom is 0.291 e. The monoisotopic (exact) mass is 398 g/mol. The van der Waals surface area contributed by atoms with Crippen molar-refractivity contribution in [3.63, 3.8) is 0 Å². The highest BCUT2D eigenvalue weighted by molar-refractivity contribution is 5.92. The maximum absolute atomic E-state index is 13.1. The van der Waals surface area contributed by atoms with Gasteiger partial charge in [0.05, 0.1) is 30.8 Å². The minimum Gasteiger partial charge on any atom is -0.493 e. The van der Waals surface area contributed by atoms with Gasteiger partial charge in [0.25, 0.3) is 11.5 Å². The molecule has 0 aliphatic carbocycles. The number of benzene rings is 1. The first kappa shape index (κ1) is 19.0. The summed E-state index contributed by atoms with van der Waals surface area (Å²) in [5.74, 6) is 2.09. The number of carbonyl (C=O) groups excluding carboxylic acids is 1. The first-order chi connectivity index (χ1) is 13.9. The van der Waals surface area contributed by atoms with Gasteiger partial charge in [-0.2, -0.15) is 0 Å². The van der Waals surface area contributed by atoms with E-state index in [4.69, 9.17) is 13.9 Å². The molecule has 0 N–H and O–H groups in total. The summed E-state index contributed by atoms with van der Waals surface area (Å²) >= 11 is 0. The highest BCUT2D eigenvalue weighted by Crippen LogP contribution is 2.30. The Labute approximate surface area is 166 Å². The van der Waals surface area contributed by atoms with Crippen LogP contribution in [0.15, 0.2) is 21.3 Å². The molecule has 152 valence electrons. The van der Waals surface area contributed by atoms with Crippen molar-refractivity contribution in [3.05, 3.63) is 45.7 Å². The normalized spacial score (nSPS) is 13.9. The molecule has 0 saturated carbocycles. The van der Waals surface area contributed by atoms with Crippen LogP contribution in [0.4, 0.5) is 0 Å². The quantitative estimate of drug-likeness (QED) is 0.662. The van der Waals surface area contributed by atoms with Gasteiger partial charge in [-0.15, -0.1) is 0 Å². The van der Waals surface area contributed by atoms with Crippen molar-refractivity contribution < 1.29 is 18.7 Å². The molecule has 3 heterocycles. The number of rotatable bonds is 3. The Kier molecular flexibility index (Phi) is 4.73. The minimum absolute atomic E-state index is 0.160. The first-order valence-corrected chi connectivity index (χ1v) is 9.31. The molecule has 0 spiro atoms. The van der Waals surface area contributed by atoms with E-state index in [1.807, 2.05) is 0 Å². The van der Waals surface area contributed by atoms with Crippen LogP contribution in [-0.2, 0) is 13.0 Å². The summed E-state index contributed by atoms with van der Waals surface area (Å²) in [4.78, 5) is 36.5. The molecule has 0 unspecified atom stereocenters. The molecule has 9 heteroatoms. The van der Waals surface area contributed by atoms with Gasteiger partial charge in [0.1, 0.15) is 5.82 Å². The predicted molar refractivity (Wildman–Crippen MR) is 105 cm³/mol. The summed E-state index contributed by atoms with van der Waals surface area (Å²) in [6.45, 7) is 4.62. The van der Waals surface area contributed by atoms with Gasteiger partial charge in [-0.25, -0.2) is 9.97 Å². The third-order valence-corrected chi connectivity index (χ3v) is 5.12. The Morgan fingerprint density at radius 1 is 1.07 bits per heavy atom. The van der Waals surface area contributed by atoms with E-state index >= 15 is 0 Å². The van der Waals surface area contributed by atoms with E-state index in [-0.39, 0.29) is 17.2 Å². The van der Waals surface area contributed by atoms with E-state index in [2.05, 4.69) is 9.97 Å². The number of fused-ring (bicyclic) bond motifs is 2. The predicted octanol–water partition coefficient (Wildman–Crippen LogP) is 1.72. The Balaban J connectivity index is 1.70. The topological polar surface area (TPSA) is 99.7 Å². The molecule has 0 bridgehead atoms. The van der Waals surface area contributed by atoms with Gasteiger partial charge in [-0.1, -0.05) is 0 Å². The van der Waals surface area contributed by atoms with Gasteiger partial charge in [-0.05, 0) is 13.0 Å². The fraction of sp³-hybridized carbons (Fsp3) is 0.400. The van der Waals surface area contributed by atoms with Gasteiger partial charge in [0.15, 0.2) is 17.4 Å². The van der Waals surface area contributed by atoms with Crippen LogP contribution in [0.25, 0.3) is 10.9 Å². The average Bonchev–Trinajstić information content (AvgIpc) is 2.92. The number of carbonyl (C=O) groups is 1. The molecule has 29 heavy (non-hydrogen) atoms. The molecule has 1 amide bonds. The molecule has 0 saturated heterocycles. The SMILES string of the molecule is COc1cc2nc3n(c(=O)c2cc1OC)CCN(C(=O)c1oc(C)nc1C)CC3. The van der Waals surface area contributed by atoms with Gasteiger partial charge in [0.2, 0.25) is 5.76 Å². The average molecular weight is 398 g/mol. The Morgan fingerprint density at radius 3 is 2.45 bits per heavy atom. The number of oxazole rings is 1.